The minimum atomic E-state index is -1.69. The molecule has 0 saturated carbocycles. The predicted octanol–water partition coefficient (Wildman–Crippen LogP) is -5.95. The van der Waals surface area contributed by atoms with E-state index in [1.807, 2.05) is 0 Å². The summed E-state index contributed by atoms with van der Waals surface area (Å²) in [6.45, 7) is -0.769. The van der Waals surface area contributed by atoms with E-state index in [0.29, 0.717) is 0 Å². The quantitative estimate of drug-likeness (QED) is 0.200. The molecular weight excluding hydrogens is 376 g/mol. The summed E-state index contributed by atoms with van der Waals surface area (Å²) in [5.41, 5.74) is 0. The van der Waals surface area contributed by atoms with E-state index in [1.54, 1.807) is 0 Å². The van der Waals surface area contributed by atoms with Crippen LogP contribution < -0.4 is 10.6 Å². The molecule has 152 valence electrons. The molecule has 0 spiro atoms. The van der Waals surface area contributed by atoms with E-state index >= 15 is 0 Å². The van der Waals surface area contributed by atoms with E-state index in [-0.39, 0.29) is 11.7 Å². The van der Waals surface area contributed by atoms with Crippen molar-refractivity contribution in [2.24, 2.45) is 0 Å². The van der Waals surface area contributed by atoms with Crippen molar-refractivity contribution >= 4 is 17.3 Å². The van der Waals surface area contributed by atoms with E-state index in [4.69, 9.17) is 26.8 Å². The molecule has 10 atom stereocenters. The number of aliphatic hydroxyl groups is 8. The first-order valence-corrected chi connectivity index (χ1v) is 8.30. The average molecular weight is 400 g/mol. The zero-order chi connectivity index (χ0) is 19.6. The van der Waals surface area contributed by atoms with Gasteiger partial charge >= 0.3 is 0 Å². The molecule has 0 bridgehead atoms. The zero-order valence-electron chi connectivity index (χ0n) is 13.5. The van der Waals surface area contributed by atoms with Crippen molar-refractivity contribution in [1.29, 1.82) is 0 Å². The summed E-state index contributed by atoms with van der Waals surface area (Å²) in [7, 11) is 0. The fourth-order valence-corrected chi connectivity index (χ4v) is 2.89. The Morgan fingerprint density at radius 1 is 0.769 bits per heavy atom. The van der Waals surface area contributed by atoms with Gasteiger partial charge in [-0.2, -0.15) is 0 Å². The van der Waals surface area contributed by atoms with Gasteiger partial charge in [0.2, 0.25) is 0 Å². The number of thiocarbonyl (C=S) groups is 1. The molecule has 2 aliphatic rings. The number of rotatable bonds is 4. The molecular formula is C13H24N2O10S. The minimum Gasteiger partial charge on any atom is -0.394 e. The highest BCUT2D eigenvalue weighted by Crippen LogP contribution is 2.20. The molecule has 10 N–H and O–H groups in total. The molecule has 26 heavy (non-hydrogen) atoms. The van der Waals surface area contributed by atoms with Crippen molar-refractivity contribution in [1.82, 2.24) is 10.6 Å². The standard InChI is InChI=1S/C13H24N2O10S/c16-2-4-6(18)7(19)9(21)11(24-4)15-13(26)14-1-3-5(17)8(20)10(22)12(23)25-3/h3-12,16-23H,1-2H2,(H2,14,15,26)/t3-,4-,5+,6-,7+,8+,9-,10-,11-,12?/m1/s1. The Morgan fingerprint density at radius 2 is 1.35 bits per heavy atom. The third-order valence-electron chi connectivity index (χ3n) is 4.32. The van der Waals surface area contributed by atoms with Crippen LogP contribution in [0.5, 0.6) is 0 Å². The summed E-state index contributed by atoms with van der Waals surface area (Å²) in [5.74, 6) is 0. The van der Waals surface area contributed by atoms with Crippen LogP contribution in [-0.2, 0) is 9.47 Å². The minimum absolute atomic E-state index is 0.0970. The van der Waals surface area contributed by atoms with E-state index in [9.17, 15) is 35.7 Å². The molecule has 2 saturated heterocycles. The number of ether oxygens (including phenoxy) is 2. The van der Waals surface area contributed by atoms with Crippen molar-refractivity contribution in [2.45, 2.75) is 61.3 Å². The maximum absolute atomic E-state index is 9.90. The van der Waals surface area contributed by atoms with Crippen molar-refractivity contribution in [3.8, 4) is 0 Å². The van der Waals surface area contributed by atoms with Crippen molar-refractivity contribution in [3.05, 3.63) is 0 Å². The van der Waals surface area contributed by atoms with Gasteiger partial charge in [-0.15, -0.1) is 0 Å². The number of nitrogens with one attached hydrogen (secondary N) is 2. The van der Waals surface area contributed by atoms with E-state index in [1.165, 1.54) is 0 Å². The van der Waals surface area contributed by atoms with Crippen molar-refractivity contribution in [2.75, 3.05) is 13.2 Å². The van der Waals surface area contributed by atoms with Gasteiger partial charge in [0.05, 0.1) is 6.61 Å². The SMILES string of the molecule is OC[C@H]1O[C@@H](NC(=S)NC[C@H]2OC(O)[C@H](O)[C@@H](O)[C@H]2O)[C@H](O)[C@@H](O)[C@@H]1O. The molecule has 0 aromatic heterocycles. The molecule has 2 heterocycles. The Bertz CT molecular complexity index is 486. The van der Waals surface area contributed by atoms with Crippen LogP contribution >= 0.6 is 12.2 Å². The van der Waals surface area contributed by atoms with E-state index < -0.39 is 68.0 Å². The average Bonchev–Trinajstić information content (AvgIpc) is 2.62. The Kier molecular flexibility index (Phi) is 7.46. The van der Waals surface area contributed by atoms with Crippen LogP contribution in [0.25, 0.3) is 0 Å². The van der Waals surface area contributed by atoms with Crippen molar-refractivity contribution < 1.29 is 50.3 Å². The molecule has 0 aliphatic carbocycles. The first-order chi connectivity index (χ1) is 12.2. The molecule has 0 amide bonds. The second-order valence-electron chi connectivity index (χ2n) is 6.14. The summed E-state index contributed by atoms with van der Waals surface area (Å²) in [6.07, 6.45) is -14.5. The maximum atomic E-state index is 9.90. The maximum Gasteiger partial charge on any atom is 0.184 e. The van der Waals surface area contributed by atoms with Gasteiger partial charge in [-0.1, -0.05) is 0 Å². The first kappa shape index (κ1) is 21.6. The Morgan fingerprint density at radius 3 is 1.96 bits per heavy atom. The Labute approximate surface area is 153 Å². The van der Waals surface area contributed by atoms with Crippen LogP contribution in [0.15, 0.2) is 0 Å². The molecule has 0 aromatic carbocycles. The van der Waals surface area contributed by atoms with Crippen LogP contribution in [0.4, 0.5) is 0 Å². The van der Waals surface area contributed by atoms with E-state index in [0.717, 1.165) is 0 Å². The van der Waals surface area contributed by atoms with Gasteiger partial charge in [0.1, 0.15) is 48.8 Å². The fraction of sp³-hybridized carbons (Fsp3) is 0.923. The lowest BCUT2D eigenvalue weighted by Gasteiger charge is -2.41. The highest BCUT2D eigenvalue weighted by atomic mass is 32.1. The smallest absolute Gasteiger partial charge is 0.184 e. The zero-order valence-corrected chi connectivity index (χ0v) is 14.3. The van der Waals surface area contributed by atoms with Gasteiger partial charge in [0.15, 0.2) is 17.6 Å². The number of hydrogen-bond donors (Lipinski definition) is 10. The Balaban J connectivity index is 1.86. The highest BCUT2D eigenvalue weighted by Gasteiger charge is 2.44. The summed E-state index contributed by atoms with van der Waals surface area (Å²) < 4.78 is 10.2. The van der Waals surface area contributed by atoms with Crippen LogP contribution in [-0.4, -0.2) is 120 Å². The summed E-state index contributed by atoms with van der Waals surface area (Å²) in [4.78, 5) is 0. The van der Waals surface area contributed by atoms with Gasteiger partial charge in [-0.25, -0.2) is 0 Å². The summed E-state index contributed by atoms with van der Waals surface area (Å²) in [6, 6.07) is 0. The molecule has 13 heteroatoms. The summed E-state index contributed by atoms with van der Waals surface area (Å²) in [5, 5.41) is 81.8. The monoisotopic (exact) mass is 400 g/mol. The van der Waals surface area contributed by atoms with Gasteiger partial charge in [-0.05, 0) is 12.2 Å². The third-order valence-corrected chi connectivity index (χ3v) is 4.58. The number of hydrogen-bond acceptors (Lipinski definition) is 11. The lowest BCUT2D eigenvalue weighted by atomic mass is 9.98. The normalized spacial score (nSPS) is 46.6. The number of aliphatic hydroxyl groups excluding tert-OH is 8. The van der Waals surface area contributed by atoms with E-state index in [2.05, 4.69) is 10.6 Å². The van der Waals surface area contributed by atoms with Crippen LogP contribution in [0, 0.1) is 0 Å². The predicted molar refractivity (Wildman–Crippen MR) is 86.4 cm³/mol. The van der Waals surface area contributed by atoms with Crippen LogP contribution in [0.1, 0.15) is 0 Å². The van der Waals surface area contributed by atoms with Crippen LogP contribution in [0.2, 0.25) is 0 Å². The third kappa shape index (κ3) is 4.58. The lowest BCUT2D eigenvalue weighted by Crippen LogP contribution is -2.64. The molecule has 0 aromatic rings. The molecule has 12 nitrogen and oxygen atoms in total. The molecule has 2 rings (SSSR count). The fourth-order valence-electron chi connectivity index (χ4n) is 2.69. The second-order valence-corrected chi connectivity index (χ2v) is 6.55. The summed E-state index contributed by atoms with van der Waals surface area (Å²) >= 11 is 4.99. The van der Waals surface area contributed by atoms with Gasteiger partial charge in [0.25, 0.3) is 0 Å². The first-order valence-electron chi connectivity index (χ1n) is 7.90. The van der Waals surface area contributed by atoms with Gasteiger partial charge in [0, 0.05) is 6.54 Å². The molecule has 0 radical (unpaired) electrons. The largest absolute Gasteiger partial charge is 0.394 e. The molecule has 2 aliphatic heterocycles. The van der Waals surface area contributed by atoms with Gasteiger partial charge < -0.3 is 61.0 Å². The van der Waals surface area contributed by atoms with Crippen LogP contribution in [0.3, 0.4) is 0 Å². The molecule has 1 unspecified atom stereocenters. The highest BCUT2D eigenvalue weighted by molar-refractivity contribution is 7.80. The topological polar surface area (TPSA) is 204 Å². The Hall–Kier alpha value is -0.710. The van der Waals surface area contributed by atoms with Gasteiger partial charge in [-0.3, -0.25) is 0 Å². The molecule has 2 fully saturated rings. The van der Waals surface area contributed by atoms with Crippen molar-refractivity contribution in [3.63, 3.8) is 0 Å². The lowest BCUT2D eigenvalue weighted by molar-refractivity contribution is -0.279. The second kappa shape index (κ2) is 8.99.